The average molecular weight is 205 g/mol. The first-order chi connectivity index (χ1) is 7.07. The number of hydrogen-bond acceptors (Lipinski definition) is 2. The van der Waals surface area contributed by atoms with Gasteiger partial charge < -0.3 is 10.8 Å². The predicted molar refractivity (Wildman–Crippen MR) is 61.9 cm³/mol. The molecule has 0 atom stereocenters. The summed E-state index contributed by atoms with van der Waals surface area (Å²) in [5.41, 5.74) is 9.80. The van der Waals surface area contributed by atoms with Gasteiger partial charge in [0.1, 0.15) is 0 Å². The second kappa shape index (κ2) is 3.62. The normalized spacial score (nSPS) is 30.0. The molecule has 2 rings (SSSR count). The molecule has 0 aromatic heterocycles. The van der Waals surface area contributed by atoms with Crippen LogP contribution in [0.15, 0.2) is 18.2 Å². The molecule has 0 spiro atoms. The number of nitrogens with two attached hydrogens (primary N) is 1. The molecule has 1 aromatic carbocycles. The zero-order valence-corrected chi connectivity index (χ0v) is 9.46. The minimum absolute atomic E-state index is 0.0372. The lowest BCUT2D eigenvalue weighted by molar-refractivity contribution is 0.0218. The van der Waals surface area contributed by atoms with Gasteiger partial charge in [0.2, 0.25) is 0 Å². The molecule has 3 N–H and O–H groups in total. The van der Waals surface area contributed by atoms with E-state index < -0.39 is 0 Å². The van der Waals surface area contributed by atoms with Crippen LogP contribution < -0.4 is 5.73 Å². The molecule has 2 nitrogen and oxygen atoms in total. The van der Waals surface area contributed by atoms with E-state index in [0.717, 1.165) is 12.8 Å². The molecule has 1 saturated carbocycles. The molecule has 1 fully saturated rings. The molecular weight excluding hydrogens is 186 g/mol. The van der Waals surface area contributed by atoms with Crippen LogP contribution in [0.5, 0.6) is 0 Å². The Bertz CT molecular complexity index is 367. The third-order valence-electron chi connectivity index (χ3n) is 3.61. The van der Waals surface area contributed by atoms with Crippen molar-refractivity contribution < 1.29 is 5.11 Å². The van der Waals surface area contributed by atoms with Gasteiger partial charge in [0, 0.05) is 12.0 Å². The van der Waals surface area contributed by atoms with Crippen molar-refractivity contribution in [2.24, 2.45) is 5.73 Å². The minimum Gasteiger partial charge on any atom is -0.393 e. The van der Waals surface area contributed by atoms with Crippen LogP contribution >= 0.6 is 0 Å². The van der Waals surface area contributed by atoms with Crippen LogP contribution in [-0.2, 0) is 5.41 Å². The van der Waals surface area contributed by atoms with Crippen molar-refractivity contribution >= 4 is 0 Å². The van der Waals surface area contributed by atoms with Crippen molar-refractivity contribution in [1.82, 2.24) is 0 Å². The number of hydrogen-bond donors (Lipinski definition) is 2. The van der Waals surface area contributed by atoms with E-state index >= 15 is 0 Å². The Morgan fingerprint density at radius 2 is 2.07 bits per heavy atom. The SMILES string of the molecule is Cc1ccc(C)c(C2(CN)CC(O)C2)c1. The molecule has 0 aliphatic heterocycles. The Balaban J connectivity index is 2.39. The largest absolute Gasteiger partial charge is 0.393 e. The summed E-state index contributed by atoms with van der Waals surface area (Å²) in [6.45, 7) is 4.85. The fourth-order valence-electron chi connectivity index (χ4n) is 2.65. The third-order valence-corrected chi connectivity index (χ3v) is 3.61. The molecule has 0 bridgehead atoms. The molecule has 1 aliphatic carbocycles. The highest BCUT2D eigenvalue weighted by Crippen LogP contribution is 2.44. The van der Waals surface area contributed by atoms with Crippen molar-refractivity contribution in [3.63, 3.8) is 0 Å². The smallest absolute Gasteiger partial charge is 0.0558 e. The highest BCUT2D eigenvalue weighted by Gasteiger charge is 2.44. The Hall–Kier alpha value is -0.860. The fraction of sp³-hybridized carbons (Fsp3) is 0.538. The lowest BCUT2D eigenvalue weighted by Crippen LogP contribution is -2.50. The Labute approximate surface area is 91.1 Å². The van der Waals surface area contributed by atoms with Gasteiger partial charge in [-0.05, 0) is 37.8 Å². The van der Waals surface area contributed by atoms with Crippen LogP contribution in [0.1, 0.15) is 29.5 Å². The molecule has 0 heterocycles. The van der Waals surface area contributed by atoms with Crippen LogP contribution in [0.2, 0.25) is 0 Å². The molecule has 0 saturated heterocycles. The highest BCUT2D eigenvalue weighted by molar-refractivity contribution is 5.39. The zero-order valence-electron chi connectivity index (χ0n) is 9.46. The molecule has 0 radical (unpaired) electrons. The van der Waals surface area contributed by atoms with Gasteiger partial charge in [-0.2, -0.15) is 0 Å². The van der Waals surface area contributed by atoms with E-state index in [-0.39, 0.29) is 11.5 Å². The average Bonchev–Trinajstić information content (AvgIpc) is 2.17. The maximum atomic E-state index is 9.48. The number of aliphatic hydroxyl groups excluding tert-OH is 1. The van der Waals surface area contributed by atoms with Gasteiger partial charge in [-0.25, -0.2) is 0 Å². The lowest BCUT2D eigenvalue weighted by Gasteiger charge is -2.46. The van der Waals surface area contributed by atoms with Crippen molar-refractivity contribution in [1.29, 1.82) is 0 Å². The van der Waals surface area contributed by atoms with Crippen molar-refractivity contribution in [3.05, 3.63) is 34.9 Å². The Morgan fingerprint density at radius 3 is 2.60 bits per heavy atom. The van der Waals surface area contributed by atoms with Gasteiger partial charge in [-0.15, -0.1) is 0 Å². The van der Waals surface area contributed by atoms with Crippen molar-refractivity contribution in [2.45, 2.75) is 38.2 Å². The summed E-state index contributed by atoms with van der Waals surface area (Å²) in [4.78, 5) is 0. The standard InChI is InChI=1S/C13H19NO/c1-9-3-4-10(2)12(5-9)13(8-14)6-11(15)7-13/h3-5,11,15H,6-8,14H2,1-2H3. The molecule has 15 heavy (non-hydrogen) atoms. The molecule has 1 aliphatic rings. The topological polar surface area (TPSA) is 46.2 Å². The van der Waals surface area contributed by atoms with E-state index in [4.69, 9.17) is 5.73 Å². The number of rotatable bonds is 2. The van der Waals surface area contributed by atoms with E-state index in [2.05, 4.69) is 32.0 Å². The summed E-state index contributed by atoms with van der Waals surface area (Å²) in [7, 11) is 0. The van der Waals surface area contributed by atoms with Gasteiger partial charge in [0.05, 0.1) is 6.10 Å². The van der Waals surface area contributed by atoms with E-state index in [9.17, 15) is 5.11 Å². The summed E-state index contributed by atoms with van der Waals surface area (Å²) in [5.74, 6) is 0. The van der Waals surface area contributed by atoms with Gasteiger partial charge in [-0.1, -0.05) is 23.8 Å². The third kappa shape index (κ3) is 1.68. The number of benzene rings is 1. The highest BCUT2D eigenvalue weighted by atomic mass is 16.3. The molecule has 0 unspecified atom stereocenters. The van der Waals surface area contributed by atoms with E-state index in [1.54, 1.807) is 0 Å². The second-order valence-corrected chi connectivity index (χ2v) is 4.86. The summed E-state index contributed by atoms with van der Waals surface area (Å²) in [5, 5.41) is 9.48. The van der Waals surface area contributed by atoms with E-state index in [1.807, 2.05) is 0 Å². The lowest BCUT2D eigenvalue weighted by atomic mass is 9.61. The number of aryl methyl sites for hydroxylation is 2. The van der Waals surface area contributed by atoms with Crippen LogP contribution in [0.4, 0.5) is 0 Å². The summed E-state index contributed by atoms with van der Waals surface area (Å²) in [6, 6.07) is 6.49. The minimum atomic E-state index is -0.159. The van der Waals surface area contributed by atoms with Gasteiger partial charge in [0.15, 0.2) is 0 Å². The van der Waals surface area contributed by atoms with Crippen LogP contribution in [0, 0.1) is 13.8 Å². The summed E-state index contributed by atoms with van der Waals surface area (Å²) < 4.78 is 0. The first kappa shape index (κ1) is 10.7. The molecular formula is C13H19NO. The van der Waals surface area contributed by atoms with Gasteiger partial charge in [-0.3, -0.25) is 0 Å². The Kier molecular flexibility index (Phi) is 2.57. The van der Waals surface area contributed by atoms with Gasteiger partial charge >= 0.3 is 0 Å². The summed E-state index contributed by atoms with van der Waals surface area (Å²) in [6.07, 6.45) is 1.47. The van der Waals surface area contributed by atoms with Crippen LogP contribution in [0.3, 0.4) is 0 Å². The predicted octanol–water partition coefficient (Wildman–Crippen LogP) is 1.65. The maximum absolute atomic E-state index is 9.48. The fourth-order valence-corrected chi connectivity index (χ4v) is 2.65. The summed E-state index contributed by atoms with van der Waals surface area (Å²) >= 11 is 0. The molecule has 2 heteroatoms. The Morgan fingerprint density at radius 1 is 1.40 bits per heavy atom. The van der Waals surface area contributed by atoms with Crippen molar-refractivity contribution in [3.8, 4) is 0 Å². The van der Waals surface area contributed by atoms with E-state index in [1.165, 1.54) is 16.7 Å². The monoisotopic (exact) mass is 205 g/mol. The van der Waals surface area contributed by atoms with Crippen LogP contribution in [-0.4, -0.2) is 17.8 Å². The van der Waals surface area contributed by atoms with Crippen LogP contribution in [0.25, 0.3) is 0 Å². The van der Waals surface area contributed by atoms with Crippen molar-refractivity contribution in [2.75, 3.05) is 6.54 Å². The maximum Gasteiger partial charge on any atom is 0.0558 e. The quantitative estimate of drug-likeness (QED) is 0.771. The zero-order chi connectivity index (χ0) is 11.1. The molecule has 1 aromatic rings. The van der Waals surface area contributed by atoms with Gasteiger partial charge in [0.25, 0.3) is 0 Å². The first-order valence-electron chi connectivity index (χ1n) is 5.53. The first-order valence-corrected chi connectivity index (χ1v) is 5.53. The molecule has 82 valence electrons. The van der Waals surface area contributed by atoms with E-state index in [0.29, 0.717) is 6.54 Å². The number of aliphatic hydroxyl groups is 1. The second-order valence-electron chi connectivity index (χ2n) is 4.86. The molecule has 0 amide bonds.